The molecule has 1 aromatic rings. The summed E-state index contributed by atoms with van der Waals surface area (Å²) in [6.07, 6.45) is 13.1. The molecule has 2 aliphatic rings. The zero-order valence-electron chi connectivity index (χ0n) is 16.1. The van der Waals surface area contributed by atoms with Crippen LogP contribution in [0.4, 0.5) is 5.69 Å². The Labute approximate surface area is 159 Å². The van der Waals surface area contributed by atoms with E-state index in [4.69, 9.17) is 10.7 Å². The highest BCUT2D eigenvalue weighted by atomic mass is 15.2. The lowest BCUT2D eigenvalue weighted by atomic mass is 9.81. The lowest BCUT2D eigenvalue weighted by Gasteiger charge is -2.27. The van der Waals surface area contributed by atoms with Crippen LogP contribution in [0.15, 0.2) is 35.3 Å². The third-order valence-electron chi connectivity index (χ3n) is 5.96. The molecular formula is C22H36N4. The van der Waals surface area contributed by atoms with Gasteiger partial charge in [-0.2, -0.15) is 0 Å². The summed E-state index contributed by atoms with van der Waals surface area (Å²) in [6.45, 7) is 1.74. The van der Waals surface area contributed by atoms with E-state index < -0.39 is 0 Å². The van der Waals surface area contributed by atoms with Crippen LogP contribution in [0.2, 0.25) is 0 Å². The number of nitrogens with one attached hydrogen (secondary N) is 2. The molecule has 2 unspecified atom stereocenters. The topological polar surface area (TPSA) is 62.4 Å². The molecule has 0 aliphatic heterocycles. The maximum absolute atomic E-state index is 5.90. The van der Waals surface area contributed by atoms with Gasteiger partial charge >= 0.3 is 0 Å². The van der Waals surface area contributed by atoms with Gasteiger partial charge in [0.15, 0.2) is 5.96 Å². The number of nitrogens with two attached hydrogens (primary N) is 1. The zero-order valence-corrected chi connectivity index (χ0v) is 16.1. The van der Waals surface area contributed by atoms with Crippen LogP contribution in [0, 0.1) is 11.8 Å². The van der Waals surface area contributed by atoms with Gasteiger partial charge < -0.3 is 16.4 Å². The maximum atomic E-state index is 5.90. The molecule has 4 N–H and O–H groups in total. The molecule has 144 valence electrons. The SMILES string of the molecule is NCC1CCCC(CN=C(Nc2ccccc2)NC2CCCCCC2)C1. The van der Waals surface area contributed by atoms with Crippen molar-refractivity contribution in [2.75, 3.05) is 18.4 Å². The molecule has 4 heteroatoms. The molecule has 0 amide bonds. The summed E-state index contributed by atoms with van der Waals surface area (Å²) in [5.74, 6) is 2.34. The molecule has 1 aromatic carbocycles. The van der Waals surface area contributed by atoms with Crippen LogP contribution in [0.25, 0.3) is 0 Å². The van der Waals surface area contributed by atoms with Gasteiger partial charge in [-0.25, -0.2) is 0 Å². The van der Waals surface area contributed by atoms with Gasteiger partial charge in [-0.1, -0.05) is 50.3 Å². The Morgan fingerprint density at radius 2 is 1.65 bits per heavy atom. The molecule has 2 aliphatic carbocycles. The Hall–Kier alpha value is -1.55. The fourth-order valence-corrected chi connectivity index (χ4v) is 4.40. The first-order valence-corrected chi connectivity index (χ1v) is 10.7. The van der Waals surface area contributed by atoms with Crippen molar-refractivity contribution in [3.63, 3.8) is 0 Å². The van der Waals surface area contributed by atoms with Gasteiger partial charge in [-0.15, -0.1) is 0 Å². The summed E-state index contributed by atoms with van der Waals surface area (Å²) in [5.41, 5.74) is 7.01. The van der Waals surface area contributed by atoms with Gasteiger partial charge in [0.05, 0.1) is 0 Å². The number of rotatable bonds is 5. The molecule has 0 saturated heterocycles. The molecule has 2 saturated carbocycles. The lowest BCUT2D eigenvalue weighted by Crippen LogP contribution is -2.39. The second kappa shape index (κ2) is 10.6. The van der Waals surface area contributed by atoms with Crippen LogP contribution >= 0.6 is 0 Å². The molecule has 0 spiro atoms. The van der Waals surface area contributed by atoms with E-state index in [-0.39, 0.29) is 0 Å². The fourth-order valence-electron chi connectivity index (χ4n) is 4.40. The van der Waals surface area contributed by atoms with Crippen molar-refractivity contribution in [3.8, 4) is 0 Å². The van der Waals surface area contributed by atoms with Crippen LogP contribution in [0.5, 0.6) is 0 Å². The maximum Gasteiger partial charge on any atom is 0.196 e. The van der Waals surface area contributed by atoms with Crippen molar-refractivity contribution in [1.29, 1.82) is 0 Å². The summed E-state index contributed by atoms with van der Waals surface area (Å²) >= 11 is 0. The van der Waals surface area contributed by atoms with Crippen molar-refractivity contribution in [1.82, 2.24) is 5.32 Å². The minimum absolute atomic E-state index is 0.551. The average Bonchev–Trinajstić information content (AvgIpc) is 2.96. The highest BCUT2D eigenvalue weighted by Gasteiger charge is 2.21. The van der Waals surface area contributed by atoms with Gasteiger partial charge in [0.1, 0.15) is 0 Å². The Morgan fingerprint density at radius 1 is 0.923 bits per heavy atom. The van der Waals surface area contributed by atoms with E-state index in [0.29, 0.717) is 17.9 Å². The van der Waals surface area contributed by atoms with Crippen molar-refractivity contribution >= 4 is 11.6 Å². The van der Waals surface area contributed by atoms with E-state index >= 15 is 0 Å². The normalized spacial score (nSPS) is 25.5. The number of anilines is 1. The number of aliphatic imine (C=N–C) groups is 1. The number of para-hydroxylation sites is 1. The van der Waals surface area contributed by atoms with Crippen LogP contribution in [-0.2, 0) is 0 Å². The third-order valence-corrected chi connectivity index (χ3v) is 5.96. The van der Waals surface area contributed by atoms with Crippen LogP contribution in [-0.4, -0.2) is 25.1 Å². The number of benzene rings is 1. The predicted octanol–water partition coefficient (Wildman–Crippen LogP) is 4.53. The molecule has 2 atom stereocenters. The monoisotopic (exact) mass is 356 g/mol. The molecule has 4 nitrogen and oxygen atoms in total. The summed E-state index contributed by atoms with van der Waals surface area (Å²) in [6, 6.07) is 11.0. The lowest BCUT2D eigenvalue weighted by molar-refractivity contribution is 0.277. The summed E-state index contributed by atoms with van der Waals surface area (Å²) in [7, 11) is 0. The Balaban J connectivity index is 1.62. The van der Waals surface area contributed by atoms with Crippen molar-refractivity contribution in [3.05, 3.63) is 30.3 Å². The van der Waals surface area contributed by atoms with Gasteiger partial charge in [-0.05, 0) is 62.6 Å². The van der Waals surface area contributed by atoms with Gasteiger partial charge in [0.2, 0.25) is 0 Å². The highest BCUT2D eigenvalue weighted by Crippen LogP contribution is 2.28. The van der Waals surface area contributed by atoms with E-state index in [1.807, 2.05) is 0 Å². The zero-order chi connectivity index (χ0) is 18.0. The largest absolute Gasteiger partial charge is 0.353 e. The number of hydrogen-bond donors (Lipinski definition) is 3. The molecular weight excluding hydrogens is 320 g/mol. The van der Waals surface area contributed by atoms with Gasteiger partial charge in [-0.3, -0.25) is 4.99 Å². The van der Waals surface area contributed by atoms with E-state index in [0.717, 1.165) is 24.7 Å². The van der Waals surface area contributed by atoms with E-state index in [1.165, 1.54) is 64.2 Å². The van der Waals surface area contributed by atoms with E-state index in [1.54, 1.807) is 0 Å². The highest BCUT2D eigenvalue weighted by molar-refractivity contribution is 5.93. The smallest absolute Gasteiger partial charge is 0.196 e. The summed E-state index contributed by atoms with van der Waals surface area (Å²) in [4.78, 5) is 4.99. The quantitative estimate of drug-likeness (QED) is 0.412. The molecule has 2 fully saturated rings. The average molecular weight is 357 g/mol. The van der Waals surface area contributed by atoms with Crippen LogP contribution < -0.4 is 16.4 Å². The van der Waals surface area contributed by atoms with E-state index in [9.17, 15) is 0 Å². The Morgan fingerprint density at radius 3 is 2.38 bits per heavy atom. The standard InChI is InChI=1S/C22H36N4/c23-16-18-9-8-10-19(15-18)17-24-22(26-21-13-6-3-7-14-21)25-20-11-4-1-2-5-12-20/h3,6-7,13-14,18-20H,1-2,4-5,8-12,15-17,23H2,(H2,24,25,26). The third kappa shape index (κ3) is 6.31. The molecule has 0 heterocycles. The Bertz CT molecular complexity index is 534. The second-order valence-corrected chi connectivity index (χ2v) is 8.15. The van der Waals surface area contributed by atoms with Gasteiger partial charge in [0, 0.05) is 18.3 Å². The second-order valence-electron chi connectivity index (χ2n) is 8.15. The minimum atomic E-state index is 0.551. The molecule has 3 rings (SSSR count). The Kier molecular flexibility index (Phi) is 7.81. The minimum Gasteiger partial charge on any atom is -0.353 e. The molecule has 26 heavy (non-hydrogen) atoms. The van der Waals surface area contributed by atoms with Crippen molar-refractivity contribution < 1.29 is 0 Å². The van der Waals surface area contributed by atoms with Gasteiger partial charge in [0.25, 0.3) is 0 Å². The first-order chi connectivity index (χ1) is 12.8. The predicted molar refractivity (Wildman–Crippen MR) is 111 cm³/mol. The fraction of sp³-hybridized carbons (Fsp3) is 0.682. The number of nitrogens with zero attached hydrogens (tertiary/aromatic N) is 1. The number of hydrogen-bond acceptors (Lipinski definition) is 2. The summed E-state index contributed by atoms with van der Waals surface area (Å²) < 4.78 is 0. The first kappa shape index (κ1) is 19.2. The molecule has 0 aromatic heterocycles. The van der Waals surface area contributed by atoms with Crippen molar-refractivity contribution in [2.45, 2.75) is 70.3 Å². The van der Waals surface area contributed by atoms with Crippen molar-refractivity contribution in [2.24, 2.45) is 22.6 Å². The number of guanidine groups is 1. The van der Waals surface area contributed by atoms with E-state index in [2.05, 4.69) is 41.0 Å². The van der Waals surface area contributed by atoms with Crippen LogP contribution in [0.3, 0.4) is 0 Å². The summed E-state index contributed by atoms with van der Waals surface area (Å²) in [5, 5.41) is 7.25. The molecule has 0 bridgehead atoms. The first-order valence-electron chi connectivity index (χ1n) is 10.7. The van der Waals surface area contributed by atoms with Crippen LogP contribution in [0.1, 0.15) is 64.2 Å². The molecule has 0 radical (unpaired) electrons.